The van der Waals surface area contributed by atoms with Gasteiger partial charge in [0.25, 0.3) is 0 Å². The molecule has 2 aromatic carbocycles. The Bertz CT molecular complexity index is 680. The van der Waals surface area contributed by atoms with Crippen molar-refractivity contribution in [1.29, 1.82) is 0 Å². The Hall–Kier alpha value is -1.62. The van der Waals surface area contributed by atoms with Crippen molar-refractivity contribution in [3.05, 3.63) is 76.2 Å². The maximum atomic E-state index is 11.8. The summed E-state index contributed by atoms with van der Waals surface area (Å²) in [6.45, 7) is 0.235. The van der Waals surface area contributed by atoms with E-state index in [4.69, 9.17) is 11.6 Å². The molecule has 2 rings (SSSR count). The van der Waals surface area contributed by atoms with Crippen molar-refractivity contribution in [1.82, 2.24) is 4.72 Å². The van der Waals surface area contributed by atoms with Crippen LogP contribution in [0.25, 0.3) is 6.08 Å². The second kappa shape index (κ2) is 6.70. The lowest BCUT2D eigenvalue weighted by atomic mass is 10.2. The minimum atomic E-state index is -3.45. The number of hydrogen-bond acceptors (Lipinski definition) is 2. The van der Waals surface area contributed by atoms with E-state index >= 15 is 0 Å². The normalized spacial score (nSPS) is 11.8. The van der Waals surface area contributed by atoms with Gasteiger partial charge in [-0.1, -0.05) is 54.1 Å². The van der Waals surface area contributed by atoms with Gasteiger partial charge in [0.05, 0.1) is 0 Å². The van der Waals surface area contributed by atoms with Crippen LogP contribution in [0, 0.1) is 0 Å². The van der Waals surface area contributed by atoms with Crippen LogP contribution >= 0.6 is 11.6 Å². The van der Waals surface area contributed by atoms with Crippen LogP contribution in [0.5, 0.6) is 0 Å². The van der Waals surface area contributed by atoms with Gasteiger partial charge < -0.3 is 0 Å². The molecule has 0 unspecified atom stereocenters. The average Bonchev–Trinajstić information content (AvgIpc) is 2.46. The van der Waals surface area contributed by atoms with E-state index in [-0.39, 0.29) is 6.54 Å². The fourth-order valence-electron chi connectivity index (χ4n) is 1.57. The summed E-state index contributed by atoms with van der Waals surface area (Å²) in [5.41, 5.74) is 1.69. The van der Waals surface area contributed by atoms with Crippen LogP contribution in [0.2, 0.25) is 5.02 Å². The molecule has 0 aromatic heterocycles. The van der Waals surface area contributed by atoms with Gasteiger partial charge in [0.15, 0.2) is 0 Å². The lowest BCUT2D eigenvalue weighted by molar-refractivity contribution is 0.591. The van der Waals surface area contributed by atoms with Crippen LogP contribution in [0.15, 0.2) is 60.0 Å². The Morgan fingerprint density at radius 1 is 1.00 bits per heavy atom. The summed E-state index contributed by atoms with van der Waals surface area (Å²) in [6, 6.07) is 16.3. The van der Waals surface area contributed by atoms with Crippen LogP contribution in [0.1, 0.15) is 11.1 Å². The Kier molecular flexibility index (Phi) is 4.95. The van der Waals surface area contributed by atoms with E-state index in [0.29, 0.717) is 5.02 Å². The molecule has 0 heterocycles. The van der Waals surface area contributed by atoms with E-state index in [1.54, 1.807) is 30.3 Å². The van der Waals surface area contributed by atoms with Crippen LogP contribution in [-0.4, -0.2) is 8.42 Å². The molecule has 0 spiro atoms. The highest BCUT2D eigenvalue weighted by Gasteiger charge is 2.04. The first kappa shape index (κ1) is 14.8. The minimum absolute atomic E-state index is 0.235. The molecule has 0 saturated heterocycles. The first-order valence-corrected chi connectivity index (χ1v) is 7.95. The van der Waals surface area contributed by atoms with Gasteiger partial charge in [-0.3, -0.25) is 0 Å². The third kappa shape index (κ3) is 4.81. The largest absolute Gasteiger partial charge is 0.234 e. The molecule has 0 fully saturated rings. The predicted octanol–water partition coefficient (Wildman–Crippen LogP) is 3.43. The Morgan fingerprint density at radius 2 is 1.65 bits per heavy atom. The molecule has 0 radical (unpaired) electrons. The Labute approximate surface area is 124 Å². The predicted molar refractivity (Wildman–Crippen MR) is 82.7 cm³/mol. The monoisotopic (exact) mass is 307 g/mol. The molecule has 0 aliphatic carbocycles. The van der Waals surface area contributed by atoms with Crippen LogP contribution < -0.4 is 4.72 Å². The zero-order chi connectivity index (χ0) is 14.4. The third-order valence-corrected chi connectivity index (χ3v) is 3.92. The summed E-state index contributed by atoms with van der Waals surface area (Å²) in [5.74, 6) is 0. The smallest absolute Gasteiger partial charge is 0.208 e. The van der Waals surface area contributed by atoms with Gasteiger partial charge >= 0.3 is 0 Å². The molecule has 0 saturated carbocycles. The molecule has 1 N–H and O–H groups in total. The number of halogens is 1. The van der Waals surface area contributed by atoms with Crippen LogP contribution in [-0.2, 0) is 16.6 Å². The number of hydrogen-bond donors (Lipinski definition) is 1. The fourth-order valence-corrected chi connectivity index (χ4v) is 2.49. The third-order valence-electron chi connectivity index (χ3n) is 2.63. The van der Waals surface area contributed by atoms with E-state index < -0.39 is 10.0 Å². The number of benzene rings is 2. The number of sulfonamides is 1. The van der Waals surface area contributed by atoms with Crippen molar-refractivity contribution >= 4 is 27.7 Å². The zero-order valence-electron chi connectivity index (χ0n) is 10.7. The molecule has 0 aliphatic rings. The maximum Gasteiger partial charge on any atom is 0.234 e. The molecule has 0 aliphatic heterocycles. The molecule has 104 valence electrons. The summed E-state index contributed by atoms with van der Waals surface area (Å²) < 4.78 is 26.1. The second-order valence-electron chi connectivity index (χ2n) is 4.21. The Balaban J connectivity index is 1.97. The SMILES string of the molecule is O=S(=O)(/C=C/c1ccccc1)NCc1ccc(Cl)cc1. The van der Waals surface area contributed by atoms with Gasteiger partial charge in [0.2, 0.25) is 10.0 Å². The number of nitrogens with one attached hydrogen (secondary N) is 1. The average molecular weight is 308 g/mol. The second-order valence-corrected chi connectivity index (χ2v) is 6.29. The van der Waals surface area contributed by atoms with Gasteiger partial charge in [0, 0.05) is 17.0 Å². The molecule has 3 nitrogen and oxygen atoms in total. The summed E-state index contributed by atoms with van der Waals surface area (Å²) in [6.07, 6.45) is 1.56. The number of rotatable bonds is 5. The van der Waals surface area contributed by atoms with E-state index in [9.17, 15) is 8.42 Å². The molecule has 5 heteroatoms. The van der Waals surface area contributed by atoms with Gasteiger partial charge in [0.1, 0.15) is 0 Å². The lowest BCUT2D eigenvalue weighted by Gasteiger charge is -2.03. The molecule has 0 bridgehead atoms. The fraction of sp³-hybridized carbons (Fsp3) is 0.0667. The van der Waals surface area contributed by atoms with Crippen molar-refractivity contribution in [2.24, 2.45) is 0 Å². The summed E-state index contributed by atoms with van der Waals surface area (Å²) in [5, 5.41) is 1.79. The van der Waals surface area contributed by atoms with E-state index in [1.165, 1.54) is 0 Å². The standard InChI is InChI=1S/C15H14ClNO2S/c16-15-8-6-14(7-9-15)12-17-20(18,19)11-10-13-4-2-1-3-5-13/h1-11,17H,12H2/b11-10+. The first-order chi connectivity index (χ1) is 9.55. The molecule has 0 atom stereocenters. The van der Waals surface area contributed by atoms with Crippen molar-refractivity contribution in [2.45, 2.75) is 6.54 Å². The van der Waals surface area contributed by atoms with Gasteiger partial charge in [-0.15, -0.1) is 0 Å². The maximum absolute atomic E-state index is 11.8. The van der Waals surface area contributed by atoms with E-state index in [2.05, 4.69) is 4.72 Å². The quantitative estimate of drug-likeness (QED) is 0.920. The molecule has 0 amide bonds. The highest BCUT2D eigenvalue weighted by molar-refractivity contribution is 7.92. The first-order valence-electron chi connectivity index (χ1n) is 6.02. The Morgan fingerprint density at radius 3 is 2.30 bits per heavy atom. The summed E-state index contributed by atoms with van der Waals surface area (Å²) in [7, 11) is -3.45. The summed E-state index contributed by atoms with van der Waals surface area (Å²) >= 11 is 5.77. The highest BCUT2D eigenvalue weighted by Crippen LogP contribution is 2.10. The van der Waals surface area contributed by atoms with Gasteiger partial charge in [-0.25, -0.2) is 13.1 Å². The molecule has 2 aromatic rings. The zero-order valence-corrected chi connectivity index (χ0v) is 12.2. The van der Waals surface area contributed by atoms with Crippen molar-refractivity contribution in [2.75, 3.05) is 0 Å². The van der Waals surface area contributed by atoms with Crippen molar-refractivity contribution in [3.8, 4) is 0 Å². The van der Waals surface area contributed by atoms with Crippen molar-refractivity contribution < 1.29 is 8.42 Å². The highest BCUT2D eigenvalue weighted by atomic mass is 35.5. The lowest BCUT2D eigenvalue weighted by Crippen LogP contribution is -2.20. The molecular weight excluding hydrogens is 294 g/mol. The van der Waals surface area contributed by atoms with E-state index in [0.717, 1.165) is 16.5 Å². The molecule has 20 heavy (non-hydrogen) atoms. The van der Waals surface area contributed by atoms with Gasteiger partial charge in [-0.2, -0.15) is 0 Å². The minimum Gasteiger partial charge on any atom is -0.208 e. The topological polar surface area (TPSA) is 46.2 Å². The summed E-state index contributed by atoms with van der Waals surface area (Å²) in [4.78, 5) is 0. The molecular formula is C15H14ClNO2S. The van der Waals surface area contributed by atoms with Gasteiger partial charge in [-0.05, 0) is 29.3 Å². The van der Waals surface area contributed by atoms with Crippen LogP contribution in [0.4, 0.5) is 0 Å². The van der Waals surface area contributed by atoms with Crippen molar-refractivity contribution in [3.63, 3.8) is 0 Å². The van der Waals surface area contributed by atoms with Crippen LogP contribution in [0.3, 0.4) is 0 Å². The van der Waals surface area contributed by atoms with E-state index in [1.807, 2.05) is 30.3 Å².